The van der Waals surface area contributed by atoms with Crippen LogP contribution in [0.15, 0.2) is 58.8 Å². The molecule has 1 radical (unpaired) electrons. The molecular formula is C14H12CuN2O4-2. The number of benzene rings is 2. The van der Waals surface area contributed by atoms with Crippen molar-refractivity contribution in [2.45, 2.75) is 0 Å². The number of rotatable bonds is 2. The first-order valence-electron chi connectivity index (χ1n) is 5.56. The van der Waals surface area contributed by atoms with E-state index in [0.29, 0.717) is 11.1 Å². The predicted molar refractivity (Wildman–Crippen MR) is 70.5 cm³/mol. The molecule has 6 nitrogen and oxygen atoms in total. The molecule has 0 aromatic heterocycles. The van der Waals surface area contributed by atoms with Crippen molar-refractivity contribution in [1.29, 1.82) is 0 Å². The summed E-state index contributed by atoms with van der Waals surface area (Å²) in [6, 6.07) is 12.7. The van der Waals surface area contributed by atoms with Gasteiger partial charge in [-0.3, -0.25) is 0 Å². The Morgan fingerprint density at radius 3 is 1.33 bits per heavy atom. The molecular weight excluding hydrogens is 324 g/mol. The first-order chi connectivity index (χ1) is 9.69. The SMILES string of the molecule is [Cu].[O-]c1ccccc1/C=N/O.[O-]c1ccccc1/C=N/O. The average Bonchev–Trinajstić information content (AvgIpc) is 2.45. The largest absolute Gasteiger partial charge is 0.872 e. The van der Waals surface area contributed by atoms with Crippen LogP contribution >= 0.6 is 0 Å². The molecule has 2 aromatic rings. The van der Waals surface area contributed by atoms with E-state index in [0.717, 1.165) is 12.4 Å². The molecule has 0 unspecified atom stereocenters. The second-order valence-corrected chi connectivity index (χ2v) is 3.56. The minimum absolute atomic E-state index is 0. The molecule has 0 heterocycles. The van der Waals surface area contributed by atoms with Gasteiger partial charge in [-0.05, 0) is 11.1 Å². The molecule has 0 aliphatic carbocycles. The van der Waals surface area contributed by atoms with Crippen molar-refractivity contribution >= 4 is 12.4 Å². The number of nitrogens with zero attached hydrogens (tertiary/aromatic N) is 2. The zero-order chi connectivity index (χ0) is 14.8. The topological polar surface area (TPSA) is 111 Å². The van der Waals surface area contributed by atoms with E-state index in [1.807, 2.05) is 0 Å². The summed E-state index contributed by atoms with van der Waals surface area (Å²) in [7, 11) is 0. The van der Waals surface area contributed by atoms with Crippen LogP contribution in [0.2, 0.25) is 0 Å². The second-order valence-electron chi connectivity index (χ2n) is 3.56. The Hall–Kier alpha value is -2.50. The molecule has 0 fully saturated rings. The van der Waals surface area contributed by atoms with Crippen molar-refractivity contribution in [1.82, 2.24) is 0 Å². The van der Waals surface area contributed by atoms with Gasteiger partial charge in [-0.2, -0.15) is 0 Å². The summed E-state index contributed by atoms with van der Waals surface area (Å²) < 4.78 is 0. The van der Waals surface area contributed by atoms with E-state index in [4.69, 9.17) is 10.4 Å². The summed E-state index contributed by atoms with van der Waals surface area (Å²) in [5.74, 6) is -0.277. The Balaban J connectivity index is 0.000000364. The van der Waals surface area contributed by atoms with E-state index in [1.54, 1.807) is 36.4 Å². The molecule has 2 N–H and O–H groups in total. The molecule has 0 aliphatic heterocycles. The van der Waals surface area contributed by atoms with E-state index in [2.05, 4.69) is 10.3 Å². The van der Waals surface area contributed by atoms with Gasteiger partial charge in [-0.15, -0.1) is 0 Å². The Bertz CT molecular complexity index is 550. The molecule has 0 bridgehead atoms. The Morgan fingerprint density at radius 1 is 0.714 bits per heavy atom. The summed E-state index contributed by atoms with van der Waals surface area (Å²) in [6.07, 6.45) is 2.23. The summed E-state index contributed by atoms with van der Waals surface area (Å²) >= 11 is 0. The molecule has 0 saturated heterocycles. The van der Waals surface area contributed by atoms with Crippen molar-refractivity contribution in [3.8, 4) is 11.5 Å². The van der Waals surface area contributed by atoms with Gasteiger partial charge in [0.1, 0.15) is 0 Å². The van der Waals surface area contributed by atoms with Gasteiger partial charge in [-0.25, -0.2) is 0 Å². The average molecular weight is 336 g/mol. The van der Waals surface area contributed by atoms with Gasteiger partial charge < -0.3 is 20.6 Å². The first kappa shape index (κ1) is 18.5. The smallest absolute Gasteiger partial charge is 0.0727 e. The molecule has 0 aliphatic rings. The summed E-state index contributed by atoms with van der Waals surface area (Å²) in [6.45, 7) is 0. The van der Waals surface area contributed by atoms with Crippen LogP contribution in [0.5, 0.6) is 11.5 Å². The van der Waals surface area contributed by atoms with Crippen LogP contribution in [0.1, 0.15) is 11.1 Å². The maximum absolute atomic E-state index is 10.8. The van der Waals surface area contributed by atoms with E-state index >= 15 is 0 Å². The minimum atomic E-state index is -0.139. The van der Waals surface area contributed by atoms with Crippen molar-refractivity contribution in [2.24, 2.45) is 10.3 Å². The number of hydrogen-bond acceptors (Lipinski definition) is 6. The van der Waals surface area contributed by atoms with Crippen LogP contribution in [0.4, 0.5) is 0 Å². The summed E-state index contributed by atoms with van der Waals surface area (Å²) in [4.78, 5) is 0. The third kappa shape index (κ3) is 6.47. The molecule has 0 atom stereocenters. The van der Waals surface area contributed by atoms with Gasteiger partial charge in [0.15, 0.2) is 0 Å². The molecule has 21 heavy (non-hydrogen) atoms. The van der Waals surface area contributed by atoms with Crippen molar-refractivity contribution < 1.29 is 37.7 Å². The fourth-order valence-electron chi connectivity index (χ4n) is 1.30. The standard InChI is InChI=1S/2C7H7NO2.Cu/c2*9-7-4-2-1-3-6(7)5-8-10;/h2*1-5,9-10H;/p-2/b2*8-5+;. The van der Waals surface area contributed by atoms with Crippen molar-refractivity contribution in [3.05, 3.63) is 59.7 Å². The Kier molecular flexibility index (Phi) is 9.08. The molecule has 0 saturated carbocycles. The maximum atomic E-state index is 10.8. The van der Waals surface area contributed by atoms with Gasteiger partial charge in [0.25, 0.3) is 0 Å². The molecule has 2 aromatic carbocycles. The summed E-state index contributed by atoms with van der Waals surface area (Å²) in [5, 5.41) is 43.2. The zero-order valence-corrected chi connectivity index (χ0v) is 11.6. The fourth-order valence-corrected chi connectivity index (χ4v) is 1.30. The summed E-state index contributed by atoms with van der Waals surface area (Å²) in [5.41, 5.74) is 0.787. The molecule has 7 heteroatoms. The molecule has 0 spiro atoms. The molecule has 115 valence electrons. The quantitative estimate of drug-likeness (QED) is 0.371. The van der Waals surface area contributed by atoms with Crippen LogP contribution in [-0.2, 0) is 17.1 Å². The number of para-hydroxylation sites is 2. The van der Waals surface area contributed by atoms with Crippen molar-refractivity contribution in [2.75, 3.05) is 0 Å². The number of hydrogen-bond donors (Lipinski definition) is 2. The van der Waals surface area contributed by atoms with Crippen LogP contribution in [0, 0.1) is 0 Å². The maximum Gasteiger partial charge on any atom is 0.0727 e. The monoisotopic (exact) mass is 335 g/mol. The van der Waals surface area contributed by atoms with Gasteiger partial charge in [-0.1, -0.05) is 70.3 Å². The Labute approximate surface area is 132 Å². The van der Waals surface area contributed by atoms with Crippen LogP contribution in [0.25, 0.3) is 0 Å². The van der Waals surface area contributed by atoms with Crippen LogP contribution < -0.4 is 10.2 Å². The van der Waals surface area contributed by atoms with E-state index in [-0.39, 0.29) is 28.6 Å². The number of oxime groups is 2. The van der Waals surface area contributed by atoms with Crippen LogP contribution in [0.3, 0.4) is 0 Å². The Morgan fingerprint density at radius 2 is 1.05 bits per heavy atom. The van der Waals surface area contributed by atoms with Gasteiger partial charge >= 0.3 is 0 Å². The minimum Gasteiger partial charge on any atom is -0.872 e. The molecule has 0 amide bonds. The van der Waals surface area contributed by atoms with E-state index in [1.165, 1.54) is 12.1 Å². The third-order valence-electron chi connectivity index (χ3n) is 2.23. The van der Waals surface area contributed by atoms with E-state index in [9.17, 15) is 10.2 Å². The first-order valence-corrected chi connectivity index (χ1v) is 5.56. The predicted octanol–water partition coefficient (Wildman–Crippen LogP) is 1.13. The van der Waals surface area contributed by atoms with E-state index < -0.39 is 0 Å². The fraction of sp³-hybridized carbons (Fsp3) is 0. The van der Waals surface area contributed by atoms with Gasteiger partial charge in [0.2, 0.25) is 0 Å². The third-order valence-corrected chi connectivity index (χ3v) is 2.23. The molecule has 2 rings (SSSR count). The van der Waals surface area contributed by atoms with Gasteiger partial charge in [0, 0.05) is 17.1 Å². The van der Waals surface area contributed by atoms with Crippen LogP contribution in [-0.4, -0.2) is 22.8 Å². The second kappa shape index (κ2) is 10.3. The zero-order valence-electron chi connectivity index (χ0n) is 10.7. The normalized spacial score (nSPS) is 9.90. The van der Waals surface area contributed by atoms with Crippen molar-refractivity contribution in [3.63, 3.8) is 0 Å². The van der Waals surface area contributed by atoms with Gasteiger partial charge in [0.05, 0.1) is 12.4 Å².